The number of aliphatic hydroxyl groups excluding tert-OH is 2. The number of benzene rings is 1. The highest BCUT2D eigenvalue weighted by atomic mass is 19.4. The maximum absolute atomic E-state index is 13.9. The van der Waals surface area contributed by atoms with Crippen molar-refractivity contribution >= 4 is 11.6 Å². The van der Waals surface area contributed by atoms with Crippen molar-refractivity contribution < 1.29 is 33.0 Å². The van der Waals surface area contributed by atoms with Crippen LogP contribution in [0.1, 0.15) is 70.4 Å². The molecule has 0 saturated heterocycles. The van der Waals surface area contributed by atoms with Crippen molar-refractivity contribution in [2.75, 3.05) is 0 Å². The summed E-state index contributed by atoms with van der Waals surface area (Å²) < 4.78 is 41.6. The zero-order chi connectivity index (χ0) is 23.4. The Balaban J connectivity index is 2.33. The minimum atomic E-state index is -4.74. The highest BCUT2D eigenvalue weighted by Crippen LogP contribution is 2.49. The van der Waals surface area contributed by atoms with Crippen LogP contribution in [0.5, 0.6) is 0 Å². The van der Waals surface area contributed by atoms with Gasteiger partial charge >= 0.3 is 6.18 Å². The third kappa shape index (κ3) is 4.55. The molecule has 168 valence electrons. The molecule has 0 atom stereocenters. The van der Waals surface area contributed by atoms with Gasteiger partial charge < -0.3 is 10.2 Å². The molecule has 0 spiro atoms. The molecular formula is C24H27F3O4. The van der Waals surface area contributed by atoms with E-state index >= 15 is 0 Å². The quantitative estimate of drug-likeness (QED) is 0.592. The number of halogens is 3. The van der Waals surface area contributed by atoms with Crippen LogP contribution in [-0.2, 0) is 15.8 Å². The first-order valence-corrected chi connectivity index (χ1v) is 10.2. The van der Waals surface area contributed by atoms with Gasteiger partial charge in [-0.15, -0.1) is 0 Å². The van der Waals surface area contributed by atoms with Gasteiger partial charge in [0.25, 0.3) is 0 Å². The van der Waals surface area contributed by atoms with E-state index in [9.17, 15) is 33.0 Å². The van der Waals surface area contributed by atoms with E-state index in [1.807, 2.05) is 0 Å². The van der Waals surface area contributed by atoms with E-state index in [0.717, 1.165) is 6.07 Å². The third-order valence-corrected chi connectivity index (χ3v) is 5.95. The molecule has 0 aliphatic heterocycles. The molecule has 2 N–H and O–H groups in total. The van der Waals surface area contributed by atoms with Crippen LogP contribution >= 0.6 is 0 Å². The minimum absolute atomic E-state index is 0.0187. The maximum atomic E-state index is 13.9. The molecule has 3 rings (SSSR count). The molecule has 2 aliphatic carbocycles. The smallest absolute Gasteiger partial charge is 0.416 e. The van der Waals surface area contributed by atoms with Crippen LogP contribution in [0.25, 0.3) is 0 Å². The van der Waals surface area contributed by atoms with Crippen LogP contribution in [0.4, 0.5) is 13.2 Å². The predicted molar refractivity (Wildman–Crippen MR) is 110 cm³/mol. The number of rotatable bonds is 3. The largest absolute Gasteiger partial charge is 0.512 e. The molecule has 0 fully saturated rings. The van der Waals surface area contributed by atoms with Crippen LogP contribution in [0, 0.1) is 10.8 Å². The Labute approximate surface area is 179 Å². The van der Waals surface area contributed by atoms with E-state index in [0.29, 0.717) is 0 Å². The molecule has 2 aliphatic rings. The second-order valence-corrected chi connectivity index (χ2v) is 10.1. The van der Waals surface area contributed by atoms with E-state index in [4.69, 9.17) is 0 Å². The van der Waals surface area contributed by atoms with Gasteiger partial charge in [-0.05, 0) is 22.5 Å². The Kier molecular flexibility index (Phi) is 5.61. The molecule has 7 heteroatoms. The zero-order valence-corrected chi connectivity index (χ0v) is 18.1. The molecule has 0 radical (unpaired) electrons. The van der Waals surface area contributed by atoms with Crippen molar-refractivity contribution in [3.05, 3.63) is 58.1 Å². The topological polar surface area (TPSA) is 74.6 Å². The molecule has 4 nitrogen and oxygen atoms in total. The molecule has 0 heterocycles. The average Bonchev–Trinajstić information content (AvgIpc) is 2.56. The Morgan fingerprint density at radius 2 is 1.23 bits per heavy atom. The van der Waals surface area contributed by atoms with Crippen molar-refractivity contribution in [3.63, 3.8) is 0 Å². The SMILES string of the molecule is CC1(C)CC(=O)C(C(C2=C(O)CC(C)(C)CC2=O)c2ccccc2C(F)(F)F)=C(O)C1. The number of carbonyl (C=O) groups is 2. The lowest BCUT2D eigenvalue weighted by molar-refractivity contribution is -0.138. The van der Waals surface area contributed by atoms with Gasteiger partial charge in [-0.2, -0.15) is 13.2 Å². The summed E-state index contributed by atoms with van der Waals surface area (Å²) in [5.74, 6) is -3.19. The van der Waals surface area contributed by atoms with Crippen LogP contribution in [-0.4, -0.2) is 21.8 Å². The summed E-state index contributed by atoms with van der Waals surface area (Å²) in [4.78, 5) is 26.1. The van der Waals surface area contributed by atoms with E-state index in [-0.39, 0.29) is 53.9 Å². The Morgan fingerprint density at radius 1 is 0.806 bits per heavy atom. The van der Waals surface area contributed by atoms with E-state index < -0.39 is 40.1 Å². The fraction of sp³-hybridized carbons (Fsp3) is 0.500. The van der Waals surface area contributed by atoms with Crippen LogP contribution < -0.4 is 0 Å². The molecule has 0 bridgehead atoms. The van der Waals surface area contributed by atoms with Crippen molar-refractivity contribution in [3.8, 4) is 0 Å². The van der Waals surface area contributed by atoms with Crippen LogP contribution in [0.2, 0.25) is 0 Å². The van der Waals surface area contributed by atoms with Gasteiger partial charge in [-0.25, -0.2) is 0 Å². The first-order chi connectivity index (χ1) is 14.1. The highest BCUT2D eigenvalue weighted by Gasteiger charge is 2.46. The van der Waals surface area contributed by atoms with Crippen LogP contribution in [0.15, 0.2) is 46.9 Å². The van der Waals surface area contributed by atoms with Gasteiger partial charge in [0.15, 0.2) is 11.6 Å². The second-order valence-electron chi connectivity index (χ2n) is 10.1. The van der Waals surface area contributed by atoms with Crippen molar-refractivity contribution in [2.45, 2.75) is 65.5 Å². The third-order valence-electron chi connectivity index (χ3n) is 5.95. The molecule has 0 unspecified atom stereocenters. The summed E-state index contributed by atoms with van der Waals surface area (Å²) in [5.41, 5.74) is -2.91. The number of hydrogen-bond acceptors (Lipinski definition) is 4. The lowest BCUT2D eigenvalue weighted by Gasteiger charge is -2.37. The summed E-state index contributed by atoms with van der Waals surface area (Å²) >= 11 is 0. The molecule has 1 aromatic carbocycles. The monoisotopic (exact) mass is 436 g/mol. The first kappa shape index (κ1) is 23.1. The summed E-state index contributed by atoms with van der Waals surface area (Å²) in [6.45, 7) is 7.12. The van der Waals surface area contributed by atoms with Gasteiger partial charge in [0.05, 0.1) is 5.56 Å². The number of carbonyl (C=O) groups excluding carboxylic acids is 2. The van der Waals surface area contributed by atoms with Gasteiger partial charge in [0.2, 0.25) is 0 Å². The summed E-state index contributed by atoms with van der Waals surface area (Å²) in [6, 6.07) is 4.70. The van der Waals surface area contributed by atoms with Gasteiger partial charge in [0.1, 0.15) is 11.5 Å². The van der Waals surface area contributed by atoms with Crippen molar-refractivity contribution in [1.82, 2.24) is 0 Å². The molecule has 0 saturated carbocycles. The van der Waals surface area contributed by atoms with E-state index in [2.05, 4.69) is 0 Å². The number of aliphatic hydroxyl groups is 2. The lowest BCUT2D eigenvalue weighted by Crippen LogP contribution is -2.34. The molecule has 0 aromatic heterocycles. The van der Waals surface area contributed by atoms with Crippen molar-refractivity contribution in [2.24, 2.45) is 10.8 Å². The van der Waals surface area contributed by atoms with E-state index in [1.165, 1.54) is 18.2 Å². The number of allylic oxidation sites excluding steroid dienone is 4. The highest BCUT2D eigenvalue weighted by molar-refractivity contribution is 6.05. The lowest BCUT2D eigenvalue weighted by atomic mass is 9.66. The number of Topliss-reactive ketones (excluding diaryl/α,β-unsaturated/α-hetero) is 2. The fourth-order valence-electron chi connectivity index (χ4n) is 4.72. The van der Waals surface area contributed by atoms with Crippen LogP contribution in [0.3, 0.4) is 0 Å². The Bertz CT molecular complexity index is 944. The minimum Gasteiger partial charge on any atom is -0.512 e. The maximum Gasteiger partial charge on any atom is 0.416 e. The second kappa shape index (κ2) is 7.53. The number of hydrogen-bond donors (Lipinski definition) is 2. The molecule has 0 amide bonds. The summed E-state index contributed by atoms with van der Waals surface area (Å²) in [5, 5.41) is 21.5. The zero-order valence-electron chi connectivity index (χ0n) is 18.1. The van der Waals surface area contributed by atoms with E-state index in [1.54, 1.807) is 27.7 Å². The number of ketones is 2. The number of alkyl halides is 3. The summed E-state index contributed by atoms with van der Waals surface area (Å²) in [6.07, 6.45) is -4.52. The first-order valence-electron chi connectivity index (χ1n) is 10.2. The molecule has 31 heavy (non-hydrogen) atoms. The van der Waals surface area contributed by atoms with Gasteiger partial charge in [0, 0.05) is 42.7 Å². The normalized spacial score (nSPS) is 21.8. The predicted octanol–water partition coefficient (Wildman–Crippen LogP) is 6.19. The molecule has 1 aromatic rings. The molecular weight excluding hydrogens is 409 g/mol. The van der Waals surface area contributed by atoms with Gasteiger partial charge in [-0.3, -0.25) is 9.59 Å². The standard InChI is InChI=1S/C24H27F3O4/c1-22(2)9-15(28)20(16(29)10-22)19(13-7-5-6-8-14(13)24(25,26)27)21-17(30)11-23(3,4)12-18(21)31/h5-8,19,28,30H,9-12H2,1-4H3. The average molecular weight is 436 g/mol. The van der Waals surface area contributed by atoms with Gasteiger partial charge in [-0.1, -0.05) is 45.9 Å². The van der Waals surface area contributed by atoms with Crippen molar-refractivity contribution in [1.29, 1.82) is 0 Å². The Morgan fingerprint density at radius 3 is 1.61 bits per heavy atom. The Hall–Kier alpha value is -2.57. The fourth-order valence-corrected chi connectivity index (χ4v) is 4.72. The summed E-state index contributed by atoms with van der Waals surface area (Å²) in [7, 11) is 0.